The Hall–Kier alpha value is -0.190. The number of halogens is 3. The lowest BCUT2D eigenvalue weighted by atomic mass is 10.0. The van der Waals surface area contributed by atoms with E-state index in [4.69, 9.17) is 28.9 Å². The van der Waals surface area contributed by atoms with Crippen molar-refractivity contribution in [3.8, 4) is 0 Å². The second kappa shape index (κ2) is 7.89. The Morgan fingerprint density at radius 2 is 1.81 bits per heavy atom. The summed E-state index contributed by atoms with van der Waals surface area (Å²) in [6.07, 6.45) is 0.895. The Bertz CT molecular complexity index is 604. The number of nitrogens with two attached hydrogens (primary N) is 1. The average Bonchev–Trinajstić information content (AvgIpc) is 2.48. The third-order valence-electron chi connectivity index (χ3n) is 3.21. The van der Waals surface area contributed by atoms with Gasteiger partial charge in [0.2, 0.25) is 0 Å². The van der Waals surface area contributed by atoms with E-state index < -0.39 is 0 Å². The lowest BCUT2D eigenvalue weighted by Gasteiger charge is -2.23. The maximum absolute atomic E-state index is 6.31. The molecule has 0 aliphatic rings. The van der Waals surface area contributed by atoms with E-state index >= 15 is 0 Å². The summed E-state index contributed by atoms with van der Waals surface area (Å²) < 4.78 is 1.06. The SMILES string of the molecule is CCC(N)C(Sc1cc(Cl)ccc1Cl)c1ccc(Br)cc1. The predicted molar refractivity (Wildman–Crippen MR) is 97.5 cm³/mol. The zero-order valence-electron chi connectivity index (χ0n) is 11.5. The van der Waals surface area contributed by atoms with E-state index in [9.17, 15) is 0 Å². The summed E-state index contributed by atoms with van der Waals surface area (Å²) in [6.45, 7) is 2.09. The lowest BCUT2D eigenvalue weighted by molar-refractivity contribution is 0.634. The van der Waals surface area contributed by atoms with Gasteiger partial charge in [-0.1, -0.05) is 58.2 Å². The molecule has 0 heterocycles. The number of rotatable bonds is 5. The van der Waals surface area contributed by atoms with Gasteiger partial charge in [0.1, 0.15) is 0 Å². The highest BCUT2D eigenvalue weighted by Gasteiger charge is 2.21. The minimum Gasteiger partial charge on any atom is -0.326 e. The highest BCUT2D eigenvalue weighted by Crippen LogP contribution is 2.42. The fourth-order valence-electron chi connectivity index (χ4n) is 1.97. The van der Waals surface area contributed by atoms with Crippen molar-refractivity contribution in [3.05, 3.63) is 62.5 Å². The van der Waals surface area contributed by atoms with Crippen molar-refractivity contribution in [1.29, 1.82) is 0 Å². The van der Waals surface area contributed by atoms with Crippen LogP contribution in [0.2, 0.25) is 10.0 Å². The van der Waals surface area contributed by atoms with Crippen LogP contribution in [0.4, 0.5) is 0 Å². The highest BCUT2D eigenvalue weighted by molar-refractivity contribution is 9.10. The van der Waals surface area contributed by atoms with Gasteiger partial charge in [0.15, 0.2) is 0 Å². The molecule has 0 saturated carbocycles. The smallest absolute Gasteiger partial charge is 0.0543 e. The molecule has 0 amide bonds. The zero-order chi connectivity index (χ0) is 15.4. The van der Waals surface area contributed by atoms with Crippen LogP contribution in [0.5, 0.6) is 0 Å². The summed E-state index contributed by atoms with van der Waals surface area (Å²) in [6, 6.07) is 13.8. The predicted octanol–water partition coefficient (Wildman–Crippen LogP) is 6.33. The zero-order valence-corrected chi connectivity index (χ0v) is 15.4. The van der Waals surface area contributed by atoms with Crippen LogP contribution < -0.4 is 5.73 Å². The molecule has 0 aromatic heterocycles. The van der Waals surface area contributed by atoms with E-state index in [1.165, 1.54) is 5.56 Å². The van der Waals surface area contributed by atoms with Crippen LogP contribution in [-0.2, 0) is 0 Å². The molecule has 2 aromatic rings. The van der Waals surface area contributed by atoms with Crippen molar-refractivity contribution in [2.75, 3.05) is 0 Å². The van der Waals surface area contributed by atoms with Gasteiger partial charge in [-0.25, -0.2) is 0 Å². The molecular weight excluding hydrogens is 389 g/mol. The molecule has 2 unspecified atom stereocenters. The third kappa shape index (κ3) is 4.64. The molecule has 2 aromatic carbocycles. The minimum absolute atomic E-state index is 0.0474. The Kier molecular flexibility index (Phi) is 6.45. The van der Waals surface area contributed by atoms with Crippen LogP contribution in [0, 0.1) is 0 Å². The molecule has 112 valence electrons. The summed E-state index contributed by atoms with van der Waals surface area (Å²) >= 11 is 17.5. The molecule has 0 saturated heterocycles. The maximum atomic E-state index is 6.31. The van der Waals surface area contributed by atoms with E-state index in [1.807, 2.05) is 24.3 Å². The summed E-state index contributed by atoms with van der Waals surface area (Å²) in [5.41, 5.74) is 7.50. The number of benzene rings is 2. The van der Waals surface area contributed by atoms with Gasteiger partial charge in [0, 0.05) is 25.7 Å². The molecule has 21 heavy (non-hydrogen) atoms. The first-order valence-corrected chi connectivity index (χ1v) is 9.07. The molecule has 2 rings (SSSR count). The molecule has 2 atom stereocenters. The molecule has 0 spiro atoms. The normalized spacial score (nSPS) is 14.0. The Labute approximate surface area is 148 Å². The first kappa shape index (κ1) is 17.2. The number of hydrogen-bond acceptors (Lipinski definition) is 2. The van der Waals surface area contributed by atoms with E-state index in [0.29, 0.717) is 10.0 Å². The fourth-order valence-corrected chi connectivity index (χ4v) is 4.04. The quantitative estimate of drug-likeness (QED) is 0.589. The van der Waals surface area contributed by atoms with Crippen LogP contribution in [0.3, 0.4) is 0 Å². The van der Waals surface area contributed by atoms with Crippen molar-refractivity contribution in [1.82, 2.24) is 0 Å². The monoisotopic (exact) mass is 403 g/mol. The minimum atomic E-state index is 0.0474. The Morgan fingerprint density at radius 3 is 2.43 bits per heavy atom. The van der Waals surface area contributed by atoms with Gasteiger partial charge in [-0.2, -0.15) is 0 Å². The van der Waals surface area contributed by atoms with Gasteiger partial charge >= 0.3 is 0 Å². The first-order chi connectivity index (χ1) is 10.0. The van der Waals surface area contributed by atoms with Crippen LogP contribution >= 0.6 is 50.9 Å². The molecule has 2 N–H and O–H groups in total. The molecule has 0 fully saturated rings. The molecule has 0 aliphatic carbocycles. The molecule has 0 bridgehead atoms. The standard InChI is InChI=1S/C16H16BrCl2NS/c1-2-14(20)16(10-3-5-11(17)6-4-10)21-15-9-12(18)7-8-13(15)19/h3-9,14,16H,2,20H2,1H3. The van der Waals surface area contributed by atoms with Crippen molar-refractivity contribution < 1.29 is 0 Å². The third-order valence-corrected chi connectivity index (χ3v) is 5.88. The summed E-state index contributed by atoms with van der Waals surface area (Å²) in [5, 5.41) is 1.52. The van der Waals surface area contributed by atoms with Crippen molar-refractivity contribution in [3.63, 3.8) is 0 Å². The summed E-state index contributed by atoms with van der Waals surface area (Å²) in [5.74, 6) is 0. The summed E-state index contributed by atoms with van der Waals surface area (Å²) in [4.78, 5) is 0.959. The van der Waals surface area contributed by atoms with Gasteiger partial charge < -0.3 is 5.73 Å². The first-order valence-electron chi connectivity index (χ1n) is 6.64. The number of thioether (sulfide) groups is 1. The van der Waals surface area contributed by atoms with Gasteiger partial charge in [-0.3, -0.25) is 0 Å². The van der Waals surface area contributed by atoms with E-state index in [2.05, 4.69) is 35.0 Å². The van der Waals surface area contributed by atoms with Crippen LogP contribution in [0.25, 0.3) is 0 Å². The fraction of sp³-hybridized carbons (Fsp3) is 0.250. The molecule has 1 nitrogen and oxygen atoms in total. The van der Waals surface area contributed by atoms with Crippen LogP contribution in [-0.4, -0.2) is 6.04 Å². The van der Waals surface area contributed by atoms with Gasteiger partial charge in [-0.05, 0) is 42.3 Å². The van der Waals surface area contributed by atoms with Crippen molar-refractivity contribution in [2.45, 2.75) is 29.5 Å². The van der Waals surface area contributed by atoms with Crippen molar-refractivity contribution >= 4 is 50.9 Å². The van der Waals surface area contributed by atoms with E-state index in [1.54, 1.807) is 17.8 Å². The highest BCUT2D eigenvalue weighted by atomic mass is 79.9. The second-order valence-corrected chi connectivity index (χ2v) is 7.68. The molecule has 0 radical (unpaired) electrons. The molecular formula is C16H16BrCl2NS. The average molecular weight is 405 g/mol. The van der Waals surface area contributed by atoms with Crippen LogP contribution in [0.15, 0.2) is 51.8 Å². The lowest BCUT2D eigenvalue weighted by Crippen LogP contribution is -2.25. The Balaban J connectivity index is 2.32. The van der Waals surface area contributed by atoms with Crippen LogP contribution in [0.1, 0.15) is 24.2 Å². The van der Waals surface area contributed by atoms with Gasteiger partial charge in [0.05, 0.1) is 5.02 Å². The largest absolute Gasteiger partial charge is 0.326 e. The topological polar surface area (TPSA) is 26.0 Å². The van der Waals surface area contributed by atoms with Gasteiger partial charge in [0.25, 0.3) is 0 Å². The van der Waals surface area contributed by atoms with E-state index in [-0.39, 0.29) is 11.3 Å². The van der Waals surface area contributed by atoms with Gasteiger partial charge in [-0.15, -0.1) is 11.8 Å². The van der Waals surface area contributed by atoms with E-state index in [0.717, 1.165) is 15.8 Å². The number of hydrogen-bond donors (Lipinski definition) is 1. The van der Waals surface area contributed by atoms with Crippen molar-refractivity contribution in [2.24, 2.45) is 5.73 Å². The second-order valence-electron chi connectivity index (χ2n) is 4.74. The summed E-state index contributed by atoms with van der Waals surface area (Å²) in [7, 11) is 0. The Morgan fingerprint density at radius 1 is 1.14 bits per heavy atom. The maximum Gasteiger partial charge on any atom is 0.0543 e. The molecule has 0 aliphatic heterocycles. The molecule has 5 heteroatoms.